The first kappa shape index (κ1) is 26.0. The molecule has 157 valence electrons. The lowest BCUT2D eigenvalue weighted by Gasteiger charge is -2.23. The molecule has 2 atom stereocenters. The van der Waals surface area contributed by atoms with Gasteiger partial charge >= 0.3 is 0 Å². The molecular formula is C26H53. The molecule has 2 unspecified atom stereocenters. The van der Waals surface area contributed by atoms with Crippen molar-refractivity contribution in [2.45, 2.75) is 150 Å². The summed E-state index contributed by atoms with van der Waals surface area (Å²) in [5.41, 5.74) is 0. The Morgan fingerprint density at radius 3 is 1.19 bits per heavy atom. The maximum Gasteiger partial charge on any atom is -0.0324 e. The van der Waals surface area contributed by atoms with E-state index in [0.717, 1.165) is 11.8 Å². The second-order valence-electron chi connectivity index (χ2n) is 8.76. The predicted octanol–water partition coefficient (Wildman–Crippen LogP) is 9.91. The van der Waals surface area contributed by atoms with E-state index in [1.54, 1.807) is 0 Å². The zero-order valence-corrected chi connectivity index (χ0v) is 19.2. The Hall–Kier alpha value is 0. The zero-order valence-electron chi connectivity index (χ0n) is 19.2. The molecule has 0 amide bonds. The average Bonchev–Trinajstić information content (AvgIpc) is 2.64. The highest BCUT2D eigenvalue weighted by molar-refractivity contribution is 4.84. The van der Waals surface area contributed by atoms with E-state index >= 15 is 0 Å². The van der Waals surface area contributed by atoms with E-state index in [9.17, 15) is 0 Å². The van der Waals surface area contributed by atoms with Gasteiger partial charge in [-0.25, -0.2) is 0 Å². The first-order chi connectivity index (χ1) is 12.8. The molecule has 0 saturated carbocycles. The smallest absolute Gasteiger partial charge is 0.0324 e. The second-order valence-corrected chi connectivity index (χ2v) is 8.76. The van der Waals surface area contributed by atoms with E-state index in [2.05, 4.69) is 34.1 Å². The monoisotopic (exact) mass is 365 g/mol. The Morgan fingerprint density at radius 2 is 0.731 bits per heavy atom. The molecule has 26 heavy (non-hydrogen) atoms. The Labute approximate surface area is 168 Å². The van der Waals surface area contributed by atoms with Gasteiger partial charge in [0.25, 0.3) is 0 Å². The van der Waals surface area contributed by atoms with Crippen LogP contribution in [-0.2, 0) is 0 Å². The molecule has 1 radical (unpaired) electrons. The van der Waals surface area contributed by atoms with E-state index < -0.39 is 0 Å². The van der Waals surface area contributed by atoms with Crippen molar-refractivity contribution in [2.75, 3.05) is 0 Å². The Morgan fingerprint density at radius 1 is 0.385 bits per heavy atom. The van der Waals surface area contributed by atoms with Crippen molar-refractivity contribution in [1.82, 2.24) is 0 Å². The van der Waals surface area contributed by atoms with Gasteiger partial charge in [0.1, 0.15) is 0 Å². The van der Waals surface area contributed by atoms with Crippen molar-refractivity contribution < 1.29 is 0 Å². The largest absolute Gasteiger partial charge is 0.0654 e. The molecule has 0 heterocycles. The van der Waals surface area contributed by atoms with Gasteiger partial charge < -0.3 is 0 Å². The maximum atomic E-state index is 2.82. The number of hydrogen-bond donors (Lipinski definition) is 0. The molecule has 0 nitrogen and oxygen atoms in total. The Balaban J connectivity index is 4.18. The lowest BCUT2D eigenvalue weighted by molar-refractivity contribution is 0.372. The third kappa shape index (κ3) is 17.4. The van der Waals surface area contributed by atoms with Crippen molar-refractivity contribution >= 4 is 0 Å². The van der Waals surface area contributed by atoms with Crippen molar-refractivity contribution in [3.8, 4) is 0 Å². The summed E-state index contributed by atoms with van der Waals surface area (Å²) in [6.07, 6.45) is 30.0. The molecular weight excluding hydrogens is 312 g/mol. The number of hydrogen-bond acceptors (Lipinski definition) is 0. The first-order valence-corrected chi connectivity index (χ1v) is 12.6. The minimum atomic E-state index is 0.897. The standard InChI is InChI=1S/C26H53/c1-5-9-12-14-16-19-22-25(20-8-4)24-26(21-17-11-7-3)23-18-15-13-10-6-2/h24-26H,5-23H2,1-4H3. The van der Waals surface area contributed by atoms with E-state index in [-0.39, 0.29) is 0 Å². The topological polar surface area (TPSA) is 0 Å². The van der Waals surface area contributed by atoms with Gasteiger partial charge in [-0.2, -0.15) is 0 Å². The molecule has 0 aliphatic heterocycles. The molecule has 0 spiro atoms. The summed E-state index contributed by atoms with van der Waals surface area (Å²) in [6.45, 7) is 9.34. The molecule has 0 aromatic carbocycles. The maximum absolute atomic E-state index is 2.82. The van der Waals surface area contributed by atoms with Gasteiger partial charge in [-0.05, 0) is 18.3 Å². The van der Waals surface area contributed by atoms with Crippen LogP contribution in [0.3, 0.4) is 0 Å². The van der Waals surface area contributed by atoms with Crippen LogP contribution in [0.15, 0.2) is 0 Å². The quantitative estimate of drug-likeness (QED) is 0.177. The highest BCUT2D eigenvalue weighted by atomic mass is 14.2. The molecule has 0 N–H and O–H groups in total. The van der Waals surface area contributed by atoms with Gasteiger partial charge in [0.2, 0.25) is 0 Å². The van der Waals surface area contributed by atoms with Crippen molar-refractivity contribution in [1.29, 1.82) is 0 Å². The minimum absolute atomic E-state index is 0.897. The SMILES string of the molecule is CCCCCCCCC([CH]C(CCCCC)CCCCCCC)CCC. The fraction of sp³-hybridized carbons (Fsp3) is 0.962. The molecule has 0 aromatic rings. The van der Waals surface area contributed by atoms with Gasteiger partial charge in [-0.3, -0.25) is 0 Å². The first-order valence-electron chi connectivity index (χ1n) is 12.6. The number of unbranched alkanes of at least 4 members (excludes halogenated alkanes) is 11. The van der Waals surface area contributed by atoms with Crippen LogP contribution in [0.4, 0.5) is 0 Å². The van der Waals surface area contributed by atoms with Crippen LogP contribution in [0.25, 0.3) is 0 Å². The van der Waals surface area contributed by atoms with Crippen LogP contribution in [0, 0.1) is 18.3 Å². The van der Waals surface area contributed by atoms with Crippen LogP contribution >= 0.6 is 0 Å². The zero-order chi connectivity index (χ0) is 19.3. The van der Waals surface area contributed by atoms with E-state index in [4.69, 9.17) is 0 Å². The van der Waals surface area contributed by atoms with Crippen LogP contribution in [0.2, 0.25) is 0 Å². The third-order valence-electron chi connectivity index (χ3n) is 5.99. The average molecular weight is 366 g/mol. The van der Waals surface area contributed by atoms with Gasteiger partial charge in [-0.1, -0.05) is 150 Å². The number of rotatable bonds is 21. The van der Waals surface area contributed by atoms with Crippen molar-refractivity contribution in [2.24, 2.45) is 11.8 Å². The summed E-state index contributed by atoms with van der Waals surface area (Å²) < 4.78 is 0. The van der Waals surface area contributed by atoms with Crippen LogP contribution in [-0.4, -0.2) is 0 Å². The van der Waals surface area contributed by atoms with Gasteiger partial charge in [-0.15, -0.1) is 0 Å². The summed E-state index contributed by atoms with van der Waals surface area (Å²) in [6, 6.07) is 0. The van der Waals surface area contributed by atoms with Crippen molar-refractivity contribution in [3.63, 3.8) is 0 Å². The molecule has 0 aliphatic rings. The summed E-state index contributed by atoms with van der Waals surface area (Å²) in [5, 5.41) is 0. The Bertz CT molecular complexity index is 244. The van der Waals surface area contributed by atoms with Crippen LogP contribution < -0.4 is 0 Å². The van der Waals surface area contributed by atoms with E-state index in [0.29, 0.717) is 0 Å². The molecule has 0 aliphatic carbocycles. The van der Waals surface area contributed by atoms with E-state index in [1.807, 2.05) is 0 Å². The highest BCUT2D eigenvalue weighted by Crippen LogP contribution is 2.29. The second kappa shape index (κ2) is 21.3. The third-order valence-corrected chi connectivity index (χ3v) is 5.99. The summed E-state index contributed by atoms with van der Waals surface area (Å²) in [4.78, 5) is 0. The highest BCUT2D eigenvalue weighted by Gasteiger charge is 2.16. The van der Waals surface area contributed by atoms with Gasteiger partial charge in [0.15, 0.2) is 0 Å². The molecule has 0 aromatic heterocycles. The van der Waals surface area contributed by atoms with Gasteiger partial charge in [0, 0.05) is 0 Å². The molecule has 0 rings (SSSR count). The van der Waals surface area contributed by atoms with Crippen LogP contribution in [0.1, 0.15) is 150 Å². The summed E-state index contributed by atoms with van der Waals surface area (Å²) in [7, 11) is 0. The summed E-state index contributed by atoms with van der Waals surface area (Å²) >= 11 is 0. The molecule has 0 fully saturated rings. The fourth-order valence-electron chi connectivity index (χ4n) is 4.28. The molecule has 0 bridgehead atoms. The normalized spacial score (nSPS) is 13.8. The predicted molar refractivity (Wildman–Crippen MR) is 122 cm³/mol. The minimum Gasteiger partial charge on any atom is -0.0654 e. The Kier molecular flexibility index (Phi) is 21.3. The lowest BCUT2D eigenvalue weighted by atomic mass is 9.82. The van der Waals surface area contributed by atoms with E-state index in [1.165, 1.54) is 122 Å². The van der Waals surface area contributed by atoms with Gasteiger partial charge in [0.05, 0.1) is 0 Å². The van der Waals surface area contributed by atoms with Crippen LogP contribution in [0.5, 0.6) is 0 Å². The van der Waals surface area contributed by atoms with Crippen molar-refractivity contribution in [3.05, 3.63) is 6.42 Å². The summed E-state index contributed by atoms with van der Waals surface area (Å²) in [5.74, 6) is 1.80. The molecule has 0 saturated heterocycles. The lowest BCUT2D eigenvalue weighted by Crippen LogP contribution is -2.11. The molecule has 0 heteroatoms. The fourth-order valence-corrected chi connectivity index (χ4v) is 4.28.